The van der Waals surface area contributed by atoms with Gasteiger partial charge in [0.25, 0.3) is 15.7 Å². The Morgan fingerprint density at radius 2 is 1.73 bits per heavy atom. The number of methoxy groups -OCH3 is 1. The topological polar surface area (TPSA) is 98.5 Å². The minimum atomic E-state index is -4.52. The average Bonchev–Trinajstić information content (AvgIpc) is 2.67. The van der Waals surface area contributed by atoms with Gasteiger partial charge < -0.3 is 4.74 Å². The van der Waals surface area contributed by atoms with Crippen LogP contribution in [0.1, 0.15) is 17.0 Å². The molecule has 7 nitrogen and oxygen atoms in total. The molecule has 3 aromatic rings. The molecule has 0 amide bonds. The molecule has 1 heterocycles. The van der Waals surface area contributed by atoms with E-state index in [1.165, 1.54) is 24.7 Å². The summed E-state index contributed by atoms with van der Waals surface area (Å²) in [6.07, 6.45) is 0. The van der Waals surface area contributed by atoms with Crippen molar-refractivity contribution in [1.29, 1.82) is 0 Å². The van der Waals surface area contributed by atoms with Crippen molar-refractivity contribution in [2.24, 2.45) is 0 Å². The standard InChI is InChI=1S/C20H18Cl2N2O5S/c1-10-5-8-16(30(26,27)28)13(9-10)19-11(2)20(25)24(12(3)23-19)14-6-7-15(29-4)18(22)17(14)21/h5-9H,1-4H3,(H,26,27,28). The zero-order chi connectivity index (χ0) is 22.4. The quantitative estimate of drug-likeness (QED) is 0.570. The van der Waals surface area contributed by atoms with Gasteiger partial charge in [0.05, 0.1) is 23.5 Å². The van der Waals surface area contributed by atoms with E-state index < -0.39 is 15.7 Å². The molecule has 1 aromatic heterocycles. The molecule has 0 bridgehead atoms. The second-order valence-corrected chi connectivity index (χ2v) is 8.81. The number of aryl methyl sites for hydroxylation is 2. The van der Waals surface area contributed by atoms with Crippen LogP contribution in [0.3, 0.4) is 0 Å². The van der Waals surface area contributed by atoms with Gasteiger partial charge in [-0.3, -0.25) is 13.9 Å². The van der Waals surface area contributed by atoms with E-state index in [4.69, 9.17) is 27.9 Å². The van der Waals surface area contributed by atoms with Gasteiger partial charge in [-0.2, -0.15) is 8.42 Å². The minimum Gasteiger partial charge on any atom is -0.495 e. The molecule has 0 radical (unpaired) electrons. The molecule has 0 atom stereocenters. The number of ether oxygens (including phenoxy) is 1. The van der Waals surface area contributed by atoms with Gasteiger partial charge in [-0.25, -0.2) is 4.98 Å². The van der Waals surface area contributed by atoms with Crippen molar-refractivity contribution in [3.63, 3.8) is 0 Å². The van der Waals surface area contributed by atoms with E-state index in [-0.39, 0.29) is 37.6 Å². The highest BCUT2D eigenvalue weighted by atomic mass is 35.5. The van der Waals surface area contributed by atoms with E-state index >= 15 is 0 Å². The van der Waals surface area contributed by atoms with Crippen molar-refractivity contribution in [2.75, 3.05) is 7.11 Å². The van der Waals surface area contributed by atoms with Crippen molar-refractivity contribution in [3.8, 4) is 22.7 Å². The van der Waals surface area contributed by atoms with Crippen LogP contribution in [0.25, 0.3) is 16.9 Å². The summed E-state index contributed by atoms with van der Waals surface area (Å²) in [6, 6.07) is 7.55. The summed E-state index contributed by atoms with van der Waals surface area (Å²) in [4.78, 5) is 17.4. The predicted octanol–water partition coefficient (Wildman–Crippen LogP) is 4.39. The first-order chi connectivity index (χ1) is 14.0. The lowest BCUT2D eigenvalue weighted by Gasteiger charge is -2.17. The van der Waals surface area contributed by atoms with Gasteiger partial charge in [-0.1, -0.05) is 34.8 Å². The summed E-state index contributed by atoms with van der Waals surface area (Å²) in [6.45, 7) is 4.87. The summed E-state index contributed by atoms with van der Waals surface area (Å²) in [7, 11) is -3.08. The lowest BCUT2D eigenvalue weighted by Crippen LogP contribution is -2.26. The van der Waals surface area contributed by atoms with Crippen LogP contribution in [-0.4, -0.2) is 29.6 Å². The Morgan fingerprint density at radius 3 is 2.33 bits per heavy atom. The molecular weight excluding hydrogens is 451 g/mol. The van der Waals surface area contributed by atoms with Crippen LogP contribution in [0, 0.1) is 20.8 Å². The summed E-state index contributed by atoms with van der Waals surface area (Å²) in [5, 5.41) is 0.265. The Kier molecular flexibility index (Phi) is 5.97. The van der Waals surface area contributed by atoms with E-state index in [2.05, 4.69) is 4.98 Å². The molecule has 1 N–H and O–H groups in total. The fourth-order valence-electron chi connectivity index (χ4n) is 3.16. The highest BCUT2D eigenvalue weighted by Crippen LogP contribution is 2.36. The third kappa shape index (κ3) is 3.83. The van der Waals surface area contributed by atoms with Crippen molar-refractivity contribution in [2.45, 2.75) is 25.7 Å². The second-order valence-electron chi connectivity index (χ2n) is 6.66. The third-order valence-electron chi connectivity index (χ3n) is 4.63. The molecule has 2 aromatic carbocycles. The van der Waals surface area contributed by atoms with Gasteiger partial charge in [0.1, 0.15) is 21.5 Å². The van der Waals surface area contributed by atoms with Gasteiger partial charge in [0, 0.05) is 11.1 Å². The Morgan fingerprint density at radius 1 is 1.07 bits per heavy atom. The smallest absolute Gasteiger partial charge is 0.295 e. The van der Waals surface area contributed by atoms with Crippen LogP contribution < -0.4 is 10.3 Å². The zero-order valence-electron chi connectivity index (χ0n) is 16.5. The number of halogens is 2. The number of aromatic nitrogens is 2. The first-order valence-corrected chi connectivity index (χ1v) is 10.9. The van der Waals surface area contributed by atoms with Crippen molar-refractivity contribution in [1.82, 2.24) is 9.55 Å². The molecule has 158 valence electrons. The number of benzene rings is 2. The van der Waals surface area contributed by atoms with Crippen LogP contribution >= 0.6 is 23.2 Å². The fourth-order valence-corrected chi connectivity index (χ4v) is 4.31. The first kappa shape index (κ1) is 22.3. The first-order valence-electron chi connectivity index (χ1n) is 8.68. The van der Waals surface area contributed by atoms with Crippen LogP contribution in [-0.2, 0) is 10.1 Å². The molecule has 0 aliphatic carbocycles. The van der Waals surface area contributed by atoms with E-state index in [1.54, 1.807) is 38.1 Å². The SMILES string of the molecule is COc1ccc(-n2c(C)nc(-c3cc(C)ccc3S(=O)(=O)O)c(C)c2=O)c(Cl)c1Cl. The number of nitrogens with zero attached hydrogens (tertiary/aromatic N) is 2. The zero-order valence-corrected chi connectivity index (χ0v) is 18.9. The van der Waals surface area contributed by atoms with Gasteiger partial charge in [0.2, 0.25) is 0 Å². The maximum atomic E-state index is 13.2. The monoisotopic (exact) mass is 468 g/mol. The molecule has 0 saturated heterocycles. The lowest BCUT2D eigenvalue weighted by atomic mass is 10.0. The van der Waals surface area contributed by atoms with Crippen LogP contribution in [0.2, 0.25) is 10.0 Å². The molecule has 0 aliphatic rings. The van der Waals surface area contributed by atoms with Crippen LogP contribution in [0.4, 0.5) is 0 Å². The lowest BCUT2D eigenvalue weighted by molar-refractivity contribution is 0.415. The number of rotatable bonds is 4. The van der Waals surface area contributed by atoms with Gasteiger partial charge in [-0.15, -0.1) is 0 Å². The van der Waals surface area contributed by atoms with E-state index in [0.29, 0.717) is 11.4 Å². The van der Waals surface area contributed by atoms with Crippen molar-refractivity contribution < 1.29 is 17.7 Å². The number of hydrogen-bond acceptors (Lipinski definition) is 5. The normalized spacial score (nSPS) is 11.6. The molecule has 3 rings (SSSR count). The summed E-state index contributed by atoms with van der Waals surface area (Å²) < 4.78 is 39.7. The van der Waals surface area contributed by atoms with Gasteiger partial charge in [-0.05, 0) is 45.0 Å². The Balaban J connectivity index is 2.34. The van der Waals surface area contributed by atoms with Crippen LogP contribution in [0.5, 0.6) is 5.75 Å². The molecule has 0 saturated carbocycles. The summed E-state index contributed by atoms with van der Waals surface area (Å²) >= 11 is 12.6. The Bertz CT molecular complexity index is 1330. The molecule has 0 fully saturated rings. The van der Waals surface area contributed by atoms with Gasteiger partial charge in [0.15, 0.2) is 0 Å². The predicted molar refractivity (Wildman–Crippen MR) is 116 cm³/mol. The van der Waals surface area contributed by atoms with E-state index in [1.807, 2.05) is 0 Å². The van der Waals surface area contributed by atoms with Crippen LogP contribution in [0.15, 0.2) is 40.0 Å². The summed E-state index contributed by atoms with van der Waals surface area (Å²) in [5.41, 5.74) is 1.07. The Hall–Kier alpha value is -2.39. The minimum absolute atomic E-state index is 0.115. The second kappa shape index (κ2) is 8.03. The summed E-state index contributed by atoms with van der Waals surface area (Å²) in [5.74, 6) is 0.613. The third-order valence-corrected chi connectivity index (χ3v) is 6.40. The largest absolute Gasteiger partial charge is 0.495 e. The molecule has 0 aliphatic heterocycles. The molecule has 0 spiro atoms. The maximum Gasteiger partial charge on any atom is 0.295 e. The number of hydrogen-bond donors (Lipinski definition) is 1. The van der Waals surface area contributed by atoms with Crippen molar-refractivity contribution in [3.05, 3.63) is 67.7 Å². The fraction of sp³-hybridized carbons (Fsp3) is 0.200. The van der Waals surface area contributed by atoms with E-state index in [9.17, 15) is 17.8 Å². The van der Waals surface area contributed by atoms with Crippen molar-refractivity contribution >= 4 is 33.3 Å². The highest BCUT2D eigenvalue weighted by molar-refractivity contribution is 7.86. The molecule has 10 heteroatoms. The molecule has 0 unspecified atom stereocenters. The maximum absolute atomic E-state index is 13.2. The van der Waals surface area contributed by atoms with Gasteiger partial charge >= 0.3 is 0 Å². The Labute approximate surface area is 183 Å². The average molecular weight is 469 g/mol. The molecule has 30 heavy (non-hydrogen) atoms. The highest BCUT2D eigenvalue weighted by Gasteiger charge is 2.23. The van der Waals surface area contributed by atoms with E-state index in [0.717, 1.165) is 5.56 Å². The molecular formula is C20H18Cl2N2O5S.